The molecule has 1 N–H and O–H groups in total. The second-order valence-corrected chi connectivity index (χ2v) is 4.70. The van der Waals surface area contributed by atoms with Crippen LogP contribution in [0.15, 0.2) is 28.7 Å². The van der Waals surface area contributed by atoms with Crippen molar-refractivity contribution in [1.82, 2.24) is 9.97 Å². The summed E-state index contributed by atoms with van der Waals surface area (Å²) in [7, 11) is 0. The van der Waals surface area contributed by atoms with Crippen molar-refractivity contribution in [2.45, 2.75) is 13.8 Å². The fourth-order valence-electron chi connectivity index (χ4n) is 1.53. The van der Waals surface area contributed by atoms with Crippen LogP contribution in [0.2, 0.25) is 0 Å². The molecule has 4 nitrogen and oxygen atoms in total. The second kappa shape index (κ2) is 5.97. The lowest BCUT2D eigenvalue weighted by atomic mass is 10.3. The molecule has 6 heteroatoms. The van der Waals surface area contributed by atoms with Crippen LogP contribution < -0.4 is 10.1 Å². The van der Waals surface area contributed by atoms with Gasteiger partial charge in [-0.25, -0.2) is 9.37 Å². The summed E-state index contributed by atoms with van der Waals surface area (Å²) in [4.78, 5) is 8.41. The summed E-state index contributed by atoms with van der Waals surface area (Å²) >= 11 is 3.25. The maximum Gasteiger partial charge on any atom is 0.224 e. The Morgan fingerprint density at radius 1 is 1.32 bits per heavy atom. The van der Waals surface area contributed by atoms with Crippen LogP contribution in [0.5, 0.6) is 11.6 Å². The van der Waals surface area contributed by atoms with Gasteiger partial charge in [0.05, 0.1) is 4.47 Å². The van der Waals surface area contributed by atoms with Gasteiger partial charge in [0.25, 0.3) is 0 Å². The first kappa shape index (κ1) is 13.7. The zero-order chi connectivity index (χ0) is 13.8. The van der Waals surface area contributed by atoms with Crippen LogP contribution in [0.4, 0.5) is 10.2 Å². The molecule has 0 aliphatic carbocycles. The fourth-order valence-corrected chi connectivity index (χ4v) is 1.97. The van der Waals surface area contributed by atoms with Crippen molar-refractivity contribution in [1.29, 1.82) is 0 Å². The van der Waals surface area contributed by atoms with E-state index in [1.165, 1.54) is 12.1 Å². The van der Waals surface area contributed by atoms with Gasteiger partial charge in [-0.15, -0.1) is 0 Å². The summed E-state index contributed by atoms with van der Waals surface area (Å²) in [5.74, 6) is 1.89. The van der Waals surface area contributed by atoms with Crippen LogP contribution in [0.1, 0.15) is 12.7 Å². The minimum atomic E-state index is -0.327. The lowest BCUT2D eigenvalue weighted by Gasteiger charge is -2.09. The summed E-state index contributed by atoms with van der Waals surface area (Å²) in [5.41, 5.74) is 0. The molecule has 0 spiro atoms. The number of ether oxygens (including phenoxy) is 1. The average Bonchev–Trinajstić information content (AvgIpc) is 2.32. The average molecular weight is 326 g/mol. The number of hydrogen-bond donors (Lipinski definition) is 1. The molecule has 0 fully saturated rings. The fraction of sp³-hybridized carbons (Fsp3) is 0.231. The number of anilines is 1. The molecule has 1 heterocycles. The maximum absolute atomic E-state index is 13.0. The van der Waals surface area contributed by atoms with E-state index in [-0.39, 0.29) is 5.82 Å². The van der Waals surface area contributed by atoms with Gasteiger partial charge in [0.15, 0.2) is 0 Å². The summed E-state index contributed by atoms with van der Waals surface area (Å²) < 4.78 is 19.2. The molecule has 1 aromatic carbocycles. The Morgan fingerprint density at radius 3 is 2.79 bits per heavy atom. The minimum Gasteiger partial charge on any atom is -0.438 e. The lowest BCUT2D eigenvalue weighted by Crippen LogP contribution is -2.02. The third-order valence-corrected chi connectivity index (χ3v) is 2.90. The van der Waals surface area contributed by atoms with Crippen LogP contribution >= 0.6 is 15.9 Å². The monoisotopic (exact) mass is 325 g/mol. The number of nitrogens with zero attached hydrogens (tertiary/aromatic N) is 2. The van der Waals surface area contributed by atoms with Crippen molar-refractivity contribution in [3.63, 3.8) is 0 Å². The first-order valence-corrected chi connectivity index (χ1v) is 6.60. The smallest absolute Gasteiger partial charge is 0.224 e. The molecule has 100 valence electrons. The van der Waals surface area contributed by atoms with Gasteiger partial charge in [-0.2, -0.15) is 4.98 Å². The van der Waals surface area contributed by atoms with Gasteiger partial charge in [0.2, 0.25) is 5.88 Å². The SMILES string of the molecule is CCNc1cc(Oc2ccc(F)cc2Br)nc(C)n1. The Morgan fingerprint density at radius 2 is 2.11 bits per heavy atom. The van der Waals surface area contributed by atoms with Crippen LogP contribution in [-0.2, 0) is 0 Å². The van der Waals surface area contributed by atoms with E-state index in [1.807, 2.05) is 6.92 Å². The third kappa shape index (κ3) is 3.64. The minimum absolute atomic E-state index is 0.327. The van der Waals surface area contributed by atoms with Crippen molar-refractivity contribution >= 4 is 21.7 Å². The molecule has 0 saturated carbocycles. The molecule has 0 unspecified atom stereocenters. The second-order valence-electron chi connectivity index (χ2n) is 3.85. The first-order valence-electron chi connectivity index (χ1n) is 5.81. The summed E-state index contributed by atoms with van der Waals surface area (Å²) in [6.07, 6.45) is 0. The van der Waals surface area contributed by atoms with Crippen LogP contribution in [0.25, 0.3) is 0 Å². The lowest BCUT2D eigenvalue weighted by molar-refractivity contribution is 0.455. The van der Waals surface area contributed by atoms with Crippen LogP contribution in [0, 0.1) is 12.7 Å². The number of rotatable bonds is 4. The highest BCUT2D eigenvalue weighted by Gasteiger charge is 2.07. The molecule has 0 amide bonds. The van der Waals surface area contributed by atoms with E-state index in [9.17, 15) is 4.39 Å². The number of benzene rings is 1. The highest BCUT2D eigenvalue weighted by atomic mass is 79.9. The summed E-state index contributed by atoms with van der Waals surface area (Å²) in [6.45, 7) is 4.53. The predicted molar refractivity (Wildman–Crippen MR) is 75.1 cm³/mol. The first-order chi connectivity index (χ1) is 9.08. The number of aromatic nitrogens is 2. The molecule has 0 radical (unpaired) electrons. The summed E-state index contributed by atoms with van der Waals surface area (Å²) in [5, 5.41) is 3.10. The molecule has 0 atom stereocenters. The Bertz CT molecular complexity index is 592. The van der Waals surface area contributed by atoms with Crippen molar-refractivity contribution in [2.24, 2.45) is 0 Å². The normalized spacial score (nSPS) is 10.3. The highest BCUT2D eigenvalue weighted by molar-refractivity contribution is 9.10. The quantitative estimate of drug-likeness (QED) is 0.925. The van der Waals surface area contributed by atoms with E-state index >= 15 is 0 Å². The van der Waals surface area contributed by atoms with E-state index in [1.54, 1.807) is 19.1 Å². The van der Waals surface area contributed by atoms with E-state index in [2.05, 4.69) is 31.2 Å². The number of nitrogens with one attached hydrogen (secondary N) is 1. The van der Waals surface area contributed by atoms with Gasteiger partial charge in [-0.3, -0.25) is 0 Å². The molecular formula is C13H13BrFN3O. The van der Waals surface area contributed by atoms with E-state index in [0.29, 0.717) is 27.7 Å². The van der Waals surface area contributed by atoms with Gasteiger partial charge < -0.3 is 10.1 Å². The van der Waals surface area contributed by atoms with Gasteiger partial charge in [0, 0.05) is 12.6 Å². The predicted octanol–water partition coefficient (Wildman–Crippen LogP) is 3.91. The topological polar surface area (TPSA) is 47.0 Å². The molecule has 1 aromatic heterocycles. The van der Waals surface area contributed by atoms with Crippen LogP contribution in [-0.4, -0.2) is 16.5 Å². The van der Waals surface area contributed by atoms with Gasteiger partial charge >= 0.3 is 0 Å². The molecular weight excluding hydrogens is 313 g/mol. The molecule has 2 aromatic rings. The van der Waals surface area contributed by atoms with Crippen molar-refractivity contribution in [3.05, 3.63) is 40.4 Å². The standard InChI is InChI=1S/C13H13BrFN3O/c1-3-16-12-7-13(18-8(2)17-12)19-11-5-4-9(15)6-10(11)14/h4-7H,3H2,1-2H3,(H,16,17,18). The maximum atomic E-state index is 13.0. The van der Waals surface area contributed by atoms with Crippen molar-refractivity contribution in [2.75, 3.05) is 11.9 Å². The van der Waals surface area contributed by atoms with Gasteiger partial charge in [-0.1, -0.05) is 0 Å². The molecule has 0 aliphatic heterocycles. The number of halogens is 2. The van der Waals surface area contributed by atoms with Gasteiger partial charge in [-0.05, 0) is 48.0 Å². The number of hydrogen-bond acceptors (Lipinski definition) is 4. The summed E-state index contributed by atoms with van der Waals surface area (Å²) in [6, 6.07) is 5.92. The molecule has 0 bridgehead atoms. The number of aryl methyl sites for hydroxylation is 1. The van der Waals surface area contributed by atoms with Crippen molar-refractivity contribution in [3.8, 4) is 11.6 Å². The Balaban J connectivity index is 2.27. The molecule has 19 heavy (non-hydrogen) atoms. The highest BCUT2D eigenvalue weighted by Crippen LogP contribution is 2.29. The molecule has 0 aliphatic rings. The zero-order valence-electron chi connectivity index (χ0n) is 10.6. The van der Waals surface area contributed by atoms with Gasteiger partial charge in [0.1, 0.15) is 23.2 Å². The zero-order valence-corrected chi connectivity index (χ0v) is 12.2. The van der Waals surface area contributed by atoms with Crippen LogP contribution in [0.3, 0.4) is 0 Å². The third-order valence-electron chi connectivity index (χ3n) is 2.28. The Labute approximate surface area is 119 Å². The van der Waals surface area contributed by atoms with E-state index in [0.717, 1.165) is 6.54 Å². The Hall–Kier alpha value is -1.69. The largest absolute Gasteiger partial charge is 0.438 e. The van der Waals surface area contributed by atoms with E-state index in [4.69, 9.17) is 4.74 Å². The molecule has 0 saturated heterocycles. The molecule has 2 rings (SSSR count). The van der Waals surface area contributed by atoms with Crippen molar-refractivity contribution < 1.29 is 9.13 Å². The Kier molecular flexibility index (Phi) is 4.31. The van der Waals surface area contributed by atoms with E-state index < -0.39 is 0 Å².